The minimum Gasteiger partial charge on any atom is -0.314 e. The zero-order valence-corrected chi connectivity index (χ0v) is 10.1. The molecule has 13 heavy (non-hydrogen) atoms. The largest absolute Gasteiger partial charge is 0.314 e. The van der Waals surface area contributed by atoms with Crippen molar-refractivity contribution in [1.82, 2.24) is 10.6 Å². The highest BCUT2D eigenvalue weighted by Gasteiger charge is 2.30. The van der Waals surface area contributed by atoms with Gasteiger partial charge in [-0.25, -0.2) is 0 Å². The number of hydrogen-bond donors (Lipinski definition) is 2. The summed E-state index contributed by atoms with van der Waals surface area (Å²) in [6.45, 7) is 9.06. The first kappa shape index (κ1) is 12.9. The van der Waals surface area contributed by atoms with Crippen LogP contribution in [-0.2, 0) is 0 Å². The average Bonchev–Trinajstić information content (AvgIpc) is 2.17. The van der Waals surface area contributed by atoms with Crippen LogP contribution in [0.25, 0.3) is 0 Å². The molecule has 0 heterocycles. The molecule has 0 spiro atoms. The van der Waals surface area contributed by atoms with E-state index in [0.717, 1.165) is 0 Å². The van der Waals surface area contributed by atoms with Crippen LogP contribution in [-0.4, -0.2) is 25.2 Å². The van der Waals surface area contributed by atoms with Crippen molar-refractivity contribution < 1.29 is 0 Å². The maximum absolute atomic E-state index is 3.41. The molecule has 2 N–H and O–H groups in total. The lowest BCUT2D eigenvalue weighted by molar-refractivity contribution is 0.227. The number of rotatable bonds is 6. The van der Waals surface area contributed by atoms with Gasteiger partial charge in [-0.05, 0) is 47.2 Å². The third kappa shape index (κ3) is 3.65. The SMILES string of the molecule is CCC(C)(CC(C)(CC)NC)NC. The fourth-order valence-corrected chi connectivity index (χ4v) is 1.64. The Hall–Kier alpha value is -0.0800. The van der Waals surface area contributed by atoms with Crippen molar-refractivity contribution >= 4 is 0 Å². The molecule has 80 valence electrons. The molecular formula is C11H26N2. The predicted octanol–water partition coefficient (Wildman–Crippen LogP) is 2.15. The van der Waals surface area contributed by atoms with E-state index in [1.54, 1.807) is 0 Å². The van der Waals surface area contributed by atoms with Gasteiger partial charge in [0.15, 0.2) is 0 Å². The maximum Gasteiger partial charge on any atom is 0.0165 e. The van der Waals surface area contributed by atoms with E-state index in [9.17, 15) is 0 Å². The fraction of sp³-hybridized carbons (Fsp3) is 1.00. The van der Waals surface area contributed by atoms with Gasteiger partial charge >= 0.3 is 0 Å². The number of nitrogens with one attached hydrogen (secondary N) is 2. The second-order valence-electron chi connectivity index (χ2n) is 4.51. The molecule has 0 aromatic heterocycles. The summed E-state index contributed by atoms with van der Waals surface area (Å²) in [5.74, 6) is 0. The first-order valence-electron chi connectivity index (χ1n) is 5.33. The molecular weight excluding hydrogens is 160 g/mol. The van der Waals surface area contributed by atoms with Gasteiger partial charge in [0, 0.05) is 11.1 Å². The first-order chi connectivity index (χ1) is 5.95. The van der Waals surface area contributed by atoms with Crippen molar-refractivity contribution in [2.75, 3.05) is 14.1 Å². The van der Waals surface area contributed by atoms with Crippen LogP contribution < -0.4 is 10.6 Å². The fourth-order valence-electron chi connectivity index (χ4n) is 1.64. The quantitative estimate of drug-likeness (QED) is 0.664. The highest BCUT2D eigenvalue weighted by molar-refractivity contribution is 4.92. The summed E-state index contributed by atoms with van der Waals surface area (Å²) in [6.07, 6.45) is 3.50. The monoisotopic (exact) mass is 186 g/mol. The van der Waals surface area contributed by atoms with Crippen molar-refractivity contribution in [2.45, 2.75) is 58.0 Å². The van der Waals surface area contributed by atoms with Gasteiger partial charge < -0.3 is 10.6 Å². The van der Waals surface area contributed by atoms with Gasteiger partial charge in [0.1, 0.15) is 0 Å². The third-order valence-corrected chi connectivity index (χ3v) is 3.55. The van der Waals surface area contributed by atoms with E-state index in [1.807, 2.05) is 0 Å². The van der Waals surface area contributed by atoms with Crippen LogP contribution in [0.1, 0.15) is 47.0 Å². The molecule has 2 nitrogen and oxygen atoms in total. The molecule has 0 radical (unpaired) electrons. The molecule has 0 aromatic carbocycles. The molecule has 0 aliphatic carbocycles. The van der Waals surface area contributed by atoms with Crippen molar-refractivity contribution in [3.8, 4) is 0 Å². The minimum atomic E-state index is 0.258. The lowest BCUT2D eigenvalue weighted by Gasteiger charge is -2.38. The Morgan fingerprint density at radius 1 is 0.846 bits per heavy atom. The number of hydrogen-bond acceptors (Lipinski definition) is 2. The van der Waals surface area contributed by atoms with Gasteiger partial charge in [0.2, 0.25) is 0 Å². The van der Waals surface area contributed by atoms with E-state index in [4.69, 9.17) is 0 Å². The van der Waals surface area contributed by atoms with E-state index in [0.29, 0.717) is 0 Å². The van der Waals surface area contributed by atoms with Gasteiger partial charge in [-0.2, -0.15) is 0 Å². The molecule has 0 aliphatic rings. The molecule has 2 atom stereocenters. The molecule has 0 aromatic rings. The minimum absolute atomic E-state index is 0.258. The molecule has 0 fully saturated rings. The second-order valence-corrected chi connectivity index (χ2v) is 4.51. The molecule has 0 saturated carbocycles. The normalized spacial score (nSPS) is 20.8. The van der Waals surface area contributed by atoms with Crippen LogP contribution in [0, 0.1) is 0 Å². The summed E-state index contributed by atoms with van der Waals surface area (Å²) in [5, 5.41) is 6.82. The lowest BCUT2D eigenvalue weighted by Crippen LogP contribution is -2.51. The van der Waals surface area contributed by atoms with Crippen LogP contribution in [0.2, 0.25) is 0 Å². The molecule has 0 saturated heterocycles. The van der Waals surface area contributed by atoms with E-state index in [1.165, 1.54) is 19.3 Å². The van der Waals surface area contributed by atoms with Crippen molar-refractivity contribution in [3.05, 3.63) is 0 Å². The molecule has 0 bridgehead atoms. The predicted molar refractivity (Wildman–Crippen MR) is 60.1 cm³/mol. The summed E-state index contributed by atoms with van der Waals surface area (Å²) < 4.78 is 0. The van der Waals surface area contributed by atoms with E-state index >= 15 is 0 Å². The van der Waals surface area contributed by atoms with E-state index in [2.05, 4.69) is 52.4 Å². The Morgan fingerprint density at radius 2 is 1.15 bits per heavy atom. The Morgan fingerprint density at radius 3 is 1.31 bits per heavy atom. The Bertz CT molecular complexity index is 119. The summed E-state index contributed by atoms with van der Waals surface area (Å²) in [7, 11) is 4.10. The summed E-state index contributed by atoms with van der Waals surface area (Å²) in [5.41, 5.74) is 0.515. The lowest BCUT2D eigenvalue weighted by atomic mass is 9.81. The van der Waals surface area contributed by atoms with Gasteiger partial charge in [-0.1, -0.05) is 13.8 Å². The van der Waals surface area contributed by atoms with E-state index in [-0.39, 0.29) is 11.1 Å². The van der Waals surface area contributed by atoms with Crippen LogP contribution >= 0.6 is 0 Å². The van der Waals surface area contributed by atoms with Gasteiger partial charge in [0.25, 0.3) is 0 Å². The molecule has 0 rings (SSSR count). The second kappa shape index (κ2) is 4.97. The molecule has 0 amide bonds. The standard InChI is InChI=1S/C11H26N2/c1-7-10(3,12-5)9-11(4,8-2)13-6/h12-13H,7-9H2,1-6H3. The maximum atomic E-state index is 3.41. The van der Waals surface area contributed by atoms with Gasteiger partial charge in [-0.3, -0.25) is 0 Å². The summed E-state index contributed by atoms with van der Waals surface area (Å²) in [4.78, 5) is 0. The Balaban J connectivity index is 4.36. The molecule has 2 unspecified atom stereocenters. The van der Waals surface area contributed by atoms with Crippen molar-refractivity contribution in [3.63, 3.8) is 0 Å². The topological polar surface area (TPSA) is 24.1 Å². The van der Waals surface area contributed by atoms with Gasteiger partial charge in [0.05, 0.1) is 0 Å². The van der Waals surface area contributed by atoms with Crippen LogP contribution in [0.15, 0.2) is 0 Å². The first-order valence-corrected chi connectivity index (χ1v) is 5.33. The average molecular weight is 186 g/mol. The van der Waals surface area contributed by atoms with Crippen molar-refractivity contribution in [2.24, 2.45) is 0 Å². The summed E-state index contributed by atoms with van der Waals surface area (Å²) in [6, 6.07) is 0. The zero-order chi connectivity index (χ0) is 10.5. The van der Waals surface area contributed by atoms with Crippen molar-refractivity contribution in [1.29, 1.82) is 0 Å². The summed E-state index contributed by atoms with van der Waals surface area (Å²) >= 11 is 0. The van der Waals surface area contributed by atoms with Gasteiger partial charge in [-0.15, -0.1) is 0 Å². The Labute approximate surface area is 83.5 Å². The highest BCUT2D eigenvalue weighted by Crippen LogP contribution is 2.25. The smallest absolute Gasteiger partial charge is 0.0165 e. The van der Waals surface area contributed by atoms with Crippen LogP contribution in [0.4, 0.5) is 0 Å². The molecule has 0 aliphatic heterocycles. The highest BCUT2D eigenvalue weighted by atomic mass is 15.0. The molecule has 2 heteroatoms. The van der Waals surface area contributed by atoms with Crippen LogP contribution in [0.5, 0.6) is 0 Å². The van der Waals surface area contributed by atoms with Crippen LogP contribution in [0.3, 0.4) is 0 Å². The van der Waals surface area contributed by atoms with E-state index < -0.39 is 0 Å². The third-order valence-electron chi connectivity index (χ3n) is 3.55. The zero-order valence-electron chi connectivity index (χ0n) is 10.1. The Kier molecular flexibility index (Phi) is 4.93.